The number of aliphatic hydroxyl groups excluding tert-OH is 1. The van der Waals surface area contributed by atoms with Crippen molar-refractivity contribution in [2.24, 2.45) is 0 Å². The second-order valence-corrected chi connectivity index (χ2v) is 6.10. The zero-order chi connectivity index (χ0) is 13.2. The highest BCUT2D eigenvalue weighted by Gasteiger charge is 2.26. The van der Waals surface area contributed by atoms with Gasteiger partial charge >= 0.3 is 0 Å². The van der Waals surface area contributed by atoms with E-state index in [1.165, 1.54) is 10.4 Å². The smallest absolute Gasteiger partial charge is 0.0862 e. The van der Waals surface area contributed by atoms with E-state index in [1.807, 2.05) is 23.6 Å². The Morgan fingerprint density at radius 3 is 3.21 bits per heavy atom. The van der Waals surface area contributed by atoms with Gasteiger partial charge in [-0.3, -0.25) is 9.58 Å². The van der Waals surface area contributed by atoms with Gasteiger partial charge in [-0.15, -0.1) is 11.3 Å². The molecule has 4 nitrogen and oxygen atoms in total. The molecule has 102 valence electrons. The molecular weight excluding hydrogens is 258 g/mol. The van der Waals surface area contributed by atoms with E-state index in [0.717, 1.165) is 13.0 Å². The molecule has 3 rings (SSSR count). The molecule has 3 heterocycles. The molecule has 0 unspecified atom stereocenters. The summed E-state index contributed by atoms with van der Waals surface area (Å²) in [6.07, 6.45) is 4.36. The first-order valence-electron chi connectivity index (χ1n) is 6.70. The molecule has 0 fully saturated rings. The van der Waals surface area contributed by atoms with Crippen LogP contribution in [0.3, 0.4) is 0 Å². The molecule has 1 aliphatic heterocycles. The van der Waals surface area contributed by atoms with Crippen LogP contribution >= 0.6 is 11.3 Å². The van der Waals surface area contributed by atoms with Crippen LogP contribution in [0.25, 0.3) is 0 Å². The summed E-state index contributed by atoms with van der Waals surface area (Å²) in [6, 6.07) is 4.51. The van der Waals surface area contributed by atoms with Gasteiger partial charge < -0.3 is 5.11 Å². The number of thiophene rings is 1. The van der Waals surface area contributed by atoms with Crippen molar-refractivity contribution in [3.8, 4) is 0 Å². The highest BCUT2D eigenvalue weighted by molar-refractivity contribution is 7.10. The fourth-order valence-electron chi connectivity index (χ4n) is 2.76. The molecular formula is C14H19N3OS. The van der Waals surface area contributed by atoms with Crippen molar-refractivity contribution in [2.75, 3.05) is 13.1 Å². The van der Waals surface area contributed by atoms with E-state index in [4.69, 9.17) is 0 Å². The molecule has 0 spiro atoms. The van der Waals surface area contributed by atoms with Gasteiger partial charge in [-0.05, 0) is 36.4 Å². The normalized spacial score (nSPS) is 21.3. The molecule has 1 N–H and O–H groups in total. The minimum absolute atomic E-state index is 0.373. The van der Waals surface area contributed by atoms with Crippen LogP contribution in [-0.2, 0) is 13.0 Å². The fourth-order valence-corrected chi connectivity index (χ4v) is 3.73. The standard InChI is InChI=1S/C14H19N3OS/c1-11-13-4-8-19-14(13)3-7-16(11)9-12(18)10-17-6-2-5-15-17/h2,4-6,8,11-12,18H,3,7,9-10H2,1H3/t11-,12+/m1/s1. The van der Waals surface area contributed by atoms with Crippen molar-refractivity contribution in [3.63, 3.8) is 0 Å². The lowest BCUT2D eigenvalue weighted by molar-refractivity contribution is 0.0732. The zero-order valence-corrected chi connectivity index (χ0v) is 11.9. The number of β-amino-alcohol motifs (C(OH)–C–C–N with tert-alkyl or cyclic N) is 1. The van der Waals surface area contributed by atoms with Gasteiger partial charge in [-0.2, -0.15) is 5.10 Å². The summed E-state index contributed by atoms with van der Waals surface area (Å²) in [6.45, 7) is 4.53. The monoisotopic (exact) mass is 277 g/mol. The van der Waals surface area contributed by atoms with Gasteiger partial charge in [0.25, 0.3) is 0 Å². The van der Waals surface area contributed by atoms with Gasteiger partial charge in [0.1, 0.15) is 0 Å². The molecule has 0 saturated carbocycles. The number of fused-ring (bicyclic) bond motifs is 1. The van der Waals surface area contributed by atoms with Gasteiger partial charge in [-0.25, -0.2) is 0 Å². The van der Waals surface area contributed by atoms with Crippen molar-refractivity contribution in [1.82, 2.24) is 14.7 Å². The lowest BCUT2D eigenvalue weighted by Crippen LogP contribution is -2.40. The van der Waals surface area contributed by atoms with Crippen LogP contribution in [0.2, 0.25) is 0 Å². The molecule has 2 aromatic heterocycles. The Morgan fingerprint density at radius 2 is 2.42 bits per heavy atom. The Morgan fingerprint density at radius 1 is 1.53 bits per heavy atom. The minimum atomic E-state index is -0.373. The number of hydrogen-bond donors (Lipinski definition) is 1. The predicted octanol–water partition coefficient (Wildman–Crippen LogP) is 1.92. The molecule has 0 aromatic carbocycles. The number of rotatable bonds is 4. The molecule has 0 aliphatic carbocycles. The first-order chi connectivity index (χ1) is 9.24. The Labute approximate surface area is 117 Å². The van der Waals surface area contributed by atoms with Crippen molar-refractivity contribution < 1.29 is 5.11 Å². The molecule has 1 aliphatic rings. The van der Waals surface area contributed by atoms with Crippen LogP contribution in [0.4, 0.5) is 0 Å². The number of aromatic nitrogens is 2. The molecule has 2 atom stereocenters. The Balaban J connectivity index is 1.61. The topological polar surface area (TPSA) is 41.3 Å². The van der Waals surface area contributed by atoms with E-state index in [-0.39, 0.29) is 6.10 Å². The lowest BCUT2D eigenvalue weighted by atomic mass is 10.0. The Kier molecular flexibility index (Phi) is 3.68. The Bertz CT molecular complexity index is 523. The largest absolute Gasteiger partial charge is 0.390 e. The average molecular weight is 277 g/mol. The second-order valence-electron chi connectivity index (χ2n) is 5.10. The second kappa shape index (κ2) is 5.45. The molecule has 0 radical (unpaired) electrons. The summed E-state index contributed by atoms with van der Waals surface area (Å²) in [7, 11) is 0. The SMILES string of the molecule is C[C@@H]1c2ccsc2CCN1C[C@H](O)Cn1cccn1. The zero-order valence-electron chi connectivity index (χ0n) is 11.1. The summed E-state index contributed by atoms with van der Waals surface area (Å²) in [5, 5.41) is 16.5. The molecule has 0 saturated heterocycles. The van der Waals surface area contributed by atoms with E-state index in [0.29, 0.717) is 19.1 Å². The third-order valence-electron chi connectivity index (χ3n) is 3.81. The maximum absolute atomic E-state index is 10.2. The van der Waals surface area contributed by atoms with Crippen LogP contribution in [0, 0.1) is 0 Å². The summed E-state index contributed by atoms with van der Waals surface area (Å²) < 4.78 is 1.79. The summed E-state index contributed by atoms with van der Waals surface area (Å²) in [4.78, 5) is 3.87. The highest BCUT2D eigenvalue weighted by atomic mass is 32.1. The van der Waals surface area contributed by atoms with Crippen LogP contribution in [-0.4, -0.2) is 39.0 Å². The van der Waals surface area contributed by atoms with Crippen LogP contribution in [0.15, 0.2) is 29.9 Å². The molecule has 19 heavy (non-hydrogen) atoms. The third kappa shape index (κ3) is 2.73. The summed E-state index contributed by atoms with van der Waals surface area (Å²) in [5.41, 5.74) is 1.43. The number of hydrogen-bond acceptors (Lipinski definition) is 4. The van der Waals surface area contributed by atoms with Crippen LogP contribution in [0.1, 0.15) is 23.4 Å². The maximum Gasteiger partial charge on any atom is 0.0862 e. The lowest BCUT2D eigenvalue weighted by Gasteiger charge is -2.34. The first-order valence-corrected chi connectivity index (χ1v) is 7.58. The van der Waals surface area contributed by atoms with E-state index in [1.54, 1.807) is 10.9 Å². The molecule has 0 amide bonds. The van der Waals surface area contributed by atoms with E-state index in [9.17, 15) is 5.11 Å². The van der Waals surface area contributed by atoms with Gasteiger partial charge in [0.2, 0.25) is 0 Å². The van der Waals surface area contributed by atoms with Gasteiger partial charge in [0.05, 0.1) is 12.6 Å². The van der Waals surface area contributed by atoms with E-state index >= 15 is 0 Å². The Hall–Kier alpha value is -1.17. The van der Waals surface area contributed by atoms with E-state index < -0.39 is 0 Å². The van der Waals surface area contributed by atoms with Crippen molar-refractivity contribution in [3.05, 3.63) is 40.3 Å². The number of aliphatic hydroxyl groups is 1. The van der Waals surface area contributed by atoms with Crippen molar-refractivity contribution >= 4 is 11.3 Å². The summed E-state index contributed by atoms with van der Waals surface area (Å²) in [5.74, 6) is 0. The van der Waals surface area contributed by atoms with Gasteiger partial charge in [0.15, 0.2) is 0 Å². The average Bonchev–Trinajstić information content (AvgIpc) is 3.03. The van der Waals surface area contributed by atoms with E-state index in [2.05, 4.69) is 28.4 Å². The summed E-state index contributed by atoms with van der Waals surface area (Å²) >= 11 is 1.85. The number of nitrogens with zero attached hydrogens (tertiary/aromatic N) is 3. The van der Waals surface area contributed by atoms with Crippen LogP contribution < -0.4 is 0 Å². The molecule has 5 heteroatoms. The molecule has 2 aromatic rings. The fraction of sp³-hybridized carbons (Fsp3) is 0.500. The van der Waals surface area contributed by atoms with Gasteiger partial charge in [-0.1, -0.05) is 0 Å². The maximum atomic E-state index is 10.2. The molecule has 0 bridgehead atoms. The van der Waals surface area contributed by atoms with Crippen molar-refractivity contribution in [1.29, 1.82) is 0 Å². The van der Waals surface area contributed by atoms with Crippen LogP contribution in [0.5, 0.6) is 0 Å². The highest BCUT2D eigenvalue weighted by Crippen LogP contribution is 2.32. The quantitative estimate of drug-likeness (QED) is 0.928. The first kappa shape index (κ1) is 12.8. The van der Waals surface area contributed by atoms with Crippen molar-refractivity contribution in [2.45, 2.75) is 32.0 Å². The van der Waals surface area contributed by atoms with Gasteiger partial charge in [0, 0.05) is 36.4 Å². The predicted molar refractivity (Wildman–Crippen MR) is 76.2 cm³/mol. The third-order valence-corrected chi connectivity index (χ3v) is 4.80. The minimum Gasteiger partial charge on any atom is -0.390 e.